The van der Waals surface area contributed by atoms with Crippen LogP contribution in [0, 0.1) is 25.7 Å². The van der Waals surface area contributed by atoms with Crippen LogP contribution in [0.25, 0.3) is 11.0 Å². The van der Waals surface area contributed by atoms with Crippen LogP contribution in [0.2, 0.25) is 0 Å². The molecule has 1 unspecified atom stereocenters. The van der Waals surface area contributed by atoms with E-state index in [0.29, 0.717) is 31.6 Å². The van der Waals surface area contributed by atoms with Crippen molar-refractivity contribution in [2.24, 2.45) is 11.8 Å². The summed E-state index contributed by atoms with van der Waals surface area (Å²) in [5, 5.41) is 13.2. The second-order valence-electron chi connectivity index (χ2n) is 6.61. The highest BCUT2D eigenvalue weighted by atomic mass is 16.5. The van der Waals surface area contributed by atoms with Gasteiger partial charge in [-0.05, 0) is 38.2 Å². The molecule has 1 amide bonds. The van der Waals surface area contributed by atoms with E-state index in [4.69, 9.17) is 9.15 Å². The van der Waals surface area contributed by atoms with Gasteiger partial charge in [-0.2, -0.15) is 0 Å². The molecule has 1 atom stereocenters. The largest absolute Gasteiger partial charge is 0.481 e. The number of aryl methyl sites for hydroxylation is 2. The number of furan rings is 1. The Morgan fingerprint density at radius 1 is 1.28 bits per heavy atom. The number of para-hydroxylation sites is 1. The Balaban J connectivity index is 1.74. The maximum absolute atomic E-state index is 12.5. The highest BCUT2D eigenvalue weighted by Gasteiger charge is 2.30. The van der Waals surface area contributed by atoms with Crippen molar-refractivity contribution in [3.63, 3.8) is 0 Å². The van der Waals surface area contributed by atoms with Gasteiger partial charge in [0.2, 0.25) is 0 Å². The number of aliphatic carboxylic acids is 1. The standard InChI is InChI=1S/C19H23NO5/c1-11-4-3-5-14-12(2)17(25-16(11)14)18(21)20-10-15(19(22)23)13-6-8-24-9-7-13/h3-5,13,15H,6-10H2,1-2H3,(H,20,21)(H,22,23). The van der Waals surface area contributed by atoms with Crippen molar-refractivity contribution in [3.05, 3.63) is 35.1 Å². The monoisotopic (exact) mass is 345 g/mol. The lowest BCUT2D eigenvalue weighted by molar-refractivity contribution is -0.144. The first-order chi connectivity index (χ1) is 12.0. The molecular weight excluding hydrogens is 322 g/mol. The molecule has 0 radical (unpaired) electrons. The molecule has 1 aromatic carbocycles. The average molecular weight is 345 g/mol. The molecule has 25 heavy (non-hydrogen) atoms. The van der Waals surface area contributed by atoms with Crippen molar-refractivity contribution < 1.29 is 23.8 Å². The van der Waals surface area contributed by atoms with Gasteiger partial charge in [-0.1, -0.05) is 18.2 Å². The van der Waals surface area contributed by atoms with Gasteiger partial charge in [0.1, 0.15) is 5.58 Å². The summed E-state index contributed by atoms with van der Waals surface area (Å²) in [4.78, 5) is 24.1. The summed E-state index contributed by atoms with van der Waals surface area (Å²) in [6, 6.07) is 5.77. The fourth-order valence-electron chi connectivity index (χ4n) is 3.46. The fraction of sp³-hybridized carbons (Fsp3) is 0.474. The van der Waals surface area contributed by atoms with Crippen molar-refractivity contribution in [1.29, 1.82) is 0 Å². The Labute approximate surface area is 146 Å². The molecule has 1 aliphatic rings. The summed E-state index contributed by atoms with van der Waals surface area (Å²) in [6.07, 6.45) is 1.41. The first kappa shape index (κ1) is 17.5. The maximum atomic E-state index is 12.5. The molecular formula is C19H23NO5. The van der Waals surface area contributed by atoms with Gasteiger partial charge < -0.3 is 19.6 Å². The van der Waals surface area contributed by atoms with Crippen molar-refractivity contribution >= 4 is 22.8 Å². The molecule has 2 aromatic rings. The molecule has 2 heterocycles. The Kier molecular flexibility index (Phi) is 5.08. The predicted octanol–water partition coefficient (Wildman–Crippen LogP) is 2.91. The van der Waals surface area contributed by atoms with Crippen LogP contribution in [0.1, 0.15) is 34.5 Å². The number of rotatable bonds is 5. The molecule has 1 aliphatic heterocycles. The van der Waals surface area contributed by atoms with Gasteiger partial charge in [0.15, 0.2) is 5.76 Å². The Hall–Kier alpha value is -2.34. The van der Waals surface area contributed by atoms with E-state index in [1.54, 1.807) is 0 Å². The zero-order valence-corrected chi connectivity index (χ0v) is 14.5. The Morgan fingerprint density at radius 2 is 2.00 bits per heavy atom. The maximum Gasteiger partial charge on any atom is 0.308 e. The molecule has 0 bridgehead atoms. The van der Waals surface area contributed by atoms with E-state index < -0.39 is 11.9 Å². The molecule has 0 saturated carbocycles. The topological polar surface area (TPSA) is 88.8 Å². The van der Waals surface area contributed by atoms with E-state index in [9.17, 15) is 14.7 Å². The second-order valence-corrected chi connectivity index (χ2v) is 6.61. The molecule has 134 valence electrons. The number of hydrogen-bond acceptors (Lipinski definition) is 4. The number of amides is 1. The number of carboxylic acid groups (broad SMARTS) is 1. The van der Waals surface area contributed by atoms with Gasteiger partial charge in [-0.3, -0.25) is 9.59 Å². The quantitative estimate of drug-likeness (QED) is 0.870. The van der Waals surface area contributed by atoms with Crippen molar-refractivity contribution in [3.8, 4) is 0 Å². The van der Waals surface area contributed by atoms with Gasteiger partial charge in [0, 0.05) is 30.7 Å². The van der Waals surface area contributed by atoms with Crippen molar-refractivity contribution in [2.45, 2.75) is 26.7 Å². The first-order valence-electron chi connectivity index (χ1n) is 8.56. The molecule has 6 heteroatoms. The molecule has 0 aliphatic carbocycles. The molecule has 2 N–H and O–H groups in total. The van der Waals surface area contributed by atoms with Crippen molar-refractivity contribution in [1.82, 2.24) is 5.32 Å². The number of carboxylic acids is 1. The van der Waals surface area contributed by atoms with E-state index in [0.717, 1.165) is 16.5 Å². The van der Waals surface area contributed by atoms with Gasteiger partial charge in [-0.15, -0.1) is 0 Å². The number of nitrogens with one attached hydrogen (secondary N) is 1. The fourth-order valence-corrected chi connectivity index (χ4v) is 3.46. The number of carbonyl (C=O) groups excluding carboxylic acids is 1. The van der Waals surface area contributed by atoms with E-state index in [2.05, 4.69) is 5.32 Å². The number of benzene rings is 1. The smallest absolute Gasteiger partial charge is 0.308 e. The second kappa shape index (κ2) is 7.27. The lowest BCUT2D eigenvalue weighted by atomic mass is 9.86. The summed E-state index contributed by atoms with van der Waals surface area (Å²) >= 11 is 0. The molecule has 6 nitrogen and oxygen atoms in total. The van der Waals surface area contributed by atoms with E-state index in [-0.39, 0.29) is 24.1 Å². The van der Waals surface area contributed by atoms with Gasteiger partial charge in [0.05, 0.1) is 5.92 Å². The lowest BCUT2D eigenvalue weighted by Gasteiger charge is -2.27. The SMILES string of the molecule is Cc1c(C(=O)NCC(C(=O)O)C2CCOCC2)oc2c(C)cccc12. The molecule has 1 aromatic heterocycles. The van der Waals surface area contributed by atoms with Crippen LogP contribution in [0.4, 0.5) is 0 Å². The lowest BCUT2D eigenvalue weighted by Crippen LogP contribution is -2.39. The third-order valence-corrected chi connectivity index (χ3v) is 5.00. The first-order valence-corrected chi connectivity index (χ1v) is 8.56. The number of hydrogen-bond donors (Lipinski definition) is 2. The molecule has 0 spiro atoms. The highest BCUT2D eigenvalue weighted by molar-refractivity contribution is 5.99. The third-order valence-electron chi connectivity index (χ3n) is 5.00. The summed E-state index contributed by atoms with van der Waals surface area (Å²) in [6.45, 7) is 5.01. The van der Waals surface area contributed by atoms with Gasteiger partial charge in [-0.25, -0.2) is 0 Å². The number of carbonyl (C=O) groups is 2. The Bertz CT molecular complexity index is 788. The third kappa shape index (κ3) is 3.54. The molecule has 1 fully saturated rings. The summed E-state index contributed by atoms with van der Waals surface area (Å²) in [5.74, 6) is -1.60. The number of fused-ring (bicyclic) bond motifs is 1. The Morgan fingerprint density at radius 3 is 2.64 bits per heavy atom. The minimum absolute atomic E-state index is 0.0190. The van der Waals surface area contributed by atoms with Gasteiger partial charge in [0.25, 0.3) is 5.91 Å². The normalized spacial score (nSPS) is 16.7. The minimum Gasteiger partial charge on any atom is -0.481 e. The molecule has 3 rings (SSSR count). The average Bonchev–Trinajstić information content (AvgIpc) is 2.94. The van der Waals surface area contributed by atoms with Crippen LogP contribution in [0.3, 0.4) is 0 Å². The van der Waals surface area contributed by atoms with E-state index in [1.165, 1.54) is 0 Å². The summed E-state index contributed by atoms with van der Waals surface area (Å²) in [7, 11) is 0. The predicted molar refractivity (Wildman–Crippen MR) is 92.7 cm³/mol. The van der Waals surface area contributed by atoms with Crippen LogP contribution >= 0.6 is 0 Å². The van der Waals surface area contributed by atoms with Gasteiger partial charge >= 0.3 is 5.97 Å². The van der Waals surface area contributed by atoms with Crippen LogP contribution in [-0.2, 0) is 9.53 Å². The van der Waals surface area contributed by atoms with E-state index in [1.807, 2.05) is 32.0 Å². The minimum atomic E-state index is -0.885. The van der Waals surface area contributed by atoms with Crippen molar-refractivity contribution in [2.75, 3.05) is 19.8 Å². The highest BCUT2D eigenvalue weighted by Crippen LogP contribution is 2.28. The zero-order chi connectivity index (χ0) is 18.0. The van der Waals surface area contributed by atoms with Crippen LogP contribution in [0.5, 0.6) is 0 Å². The number of ether oxygens (including phenoxy) is 1. The zero-order valence-electron chi connectivity index (χ0n) is 14.5. The summed E-state index contributed by atoms with van der Waals surface area (Å²) < 4.78 is 11.0. The molecule has 1 saturated heterocycles. The van der Waals surface area contributed by atoms with Crippen LogP contribution in [-0.4, -0.2) is 36.7 Å². The van der Waals surface area contributed by atoms with Crippen LogP contribution in [0.15, 0.2) is 22.6 Å². The van der Waals surface area contributed by atoms with E-state index >= 15 is 0 Å². The van der Waals surface area contributed by atoms with Crippen LogP contribution < -0.4 is 5.32 Å². The summed E-state index contributed by atoms with van der Waals surface area (Å²) in [5.41, 5.74) is 2.43.